The summed E-state index contributed by atoms with van der Waals surface area (Å²) in [4.78, 5) is 42.7. The summed E-state index contributed by atoms with van der Waals surface area (Å²) in [5.41, 5.74) is 1.35. The first-order chi connectivity index (χ1) is 11.0. The van der Waals surface area contributed by atoms with Crippen LogP contribution in [0.3, 0.4) is 0 Å². The van der Waals surface area contributed by atoms with Gasteiger partial charge in [-0.2, -0.15) is 0 Å². The molecule has 3 rings (SSSR count). The van der Waals surface area contributed by atoms with Gasteiger partial charge in [-0.05, 0) is 26.0 Å². The van der Waals surface area contributed by atoms with Crippen molar-refractivity contribution >= 4 is 34.3 Å². The molecule has 1 unspecified atom stereocenters. The van der Waals surface area contributed by atoms with Gasteiger partial charge in [0.1, 0.15) is 0 Å². The zero-order valence-electron chi connectivity index (χ0n) is 12.8. The molecule has 6 nitrogen and oxygen atoms in total. The third-order valence-corrected chi connectivity index (χ3v) is 5.08. The summed E-state index contributed by atoms with van der Waals surface area (Å²) in [5.74, 6) is -1.67. The Labute approximate surface area is 136 Å². The van der Waals surface area contributed by atoms with Crippen LogP contribution in [0.4, 0.5) is 5.13 Å². The van der Waals surface area contributed by atoms with Crippen LogP contribution in [0.25, 0.3) is 0 Å². The number of rotatable bonds is 3. The average molecular weight is 330 g/mol. The van der Waals surface area contributed by atoms with Crippen LogP contribution in [0.2, 0.25) is 0 Å². The summed E-state index contributed by atoms with van der Waals surface area (Å²) in [6.07, 6.45) is 0. The fourth-order valence-electron chi connectivity index (χ4n) is 2.54. The van der Waals surface area contributed by atoms with E-state index in [0.717, 1.165) is 16.2 Å². The van der Waals surface area contributed by atoms with Gasteiger partial charge in [-0.3, -0.25) is 14.4 Å². The highest BCUT2D eigenvalue weighted by atomic mass is 32.1. The lowest BCUT2D eigenvalue weighted by atomic mass is 10.1. The Balaban J connectivity index is 2.00. The van der Waals surface area contributed by atoms with E-state index >= 15 is 0 Å². The number of benzene rings is 1. The second-order valence-corrected chi connectivity index (χ2v) is 6.19. The van der Waals surface area contributed by atoms with Crippen molar-refractivity contribution < 1.29 is 19.1 Å². The molecule has 0 saturated heterocycles. The molecule has 1 aromatic heterocycles. The monoisotopic (exact) mass is 330 g/mol. The predicted molar refractivity (Wildman–Crippen MR) is 84.9 cm³/mol. The number of hydrogen-bond acceptors (Lipinski definition) is 6. The molecule has 1 atom stereocenters. The minimum atomic E-state index is -0.499. The molecule has 0 saturated carbocycles. The Hall–Kier alpha value is -2.54. The van der Waals surface area contributed by atoms with E-state index in [1.807, 2.05) is 0 Å². The van der Waals surface area contributed by atoms with E-state index < -0.39 is 17.7 Å². The van der Waals surface area contributed by atoms with Crippen LogP contribution in [-0.2, 0) is 9.53 Å². The SMILES string of the molecule is COC(=O)C(C)c1sc(N2C(=O)c3ccccc3C2=O)nc1C. The molecule has 0 N–H and O–H groups in total. The molecule has 1 aliphatic rings. The number of carbonyl (C=O) groups excluding carboxylic acids is 3. The third kappa shape index (κ3) is 2.33. The summed E-state index contributed by atoms with van der Waals surface area (Å²) < 4.78 is 4.74. The minimum absolute atomic E-state index is 0.277. The van der Waals surface area contributed by atoms with Gasteiger partial charge >= 0.3 is 5.97 Å². The van der Waals surface area contributed by atoms with Crippen LogP contribution in [0.5, 0.6) is 0 Å². The molecule has 1 aromatic carbocycles. The molecule has 2 amide bonds. The molecule has 23 heavy (non-hydrogen) atoms. The minimum Gasteiger partial charge on any atom is -0.469 e. The second-order valence-electron chi connectivity index (χ2n) is 5.18. The lowest BCUT2D eigenvalue weighted by molar-refractivity contribution is -0.141. The van der Waals surface area contributed by atoms with Crippen molar-refractivity contribution in [2.75, 3.05) is 12.0 Å². The maximum Gasteiger partial charge on any atom is 0.313 e. The second kappa shape index (κ2) is 5.58. The Morgan fingerprint density at radius 3 is 2.30 bits per heavy atom. The van der Waals surface area contributed by atoms with Crippen LogP contribution in [0.1, 0.15) is 44.1 Å². The highest BCUT2D eigenvalue weighted by Crippen LogP contribution is 2.36. The standard InChI is InChI=1S/C16H14N2O4S/c1-8(15(21)22-3)12-9(2)17-16(23-12)18-13(19)10-6-4-5-7-11(10)14(18)20/h4-8H,1-3H3. The normalized spacial score (nSPS) is 14.8. The predicted octanol–water partition coefficient (Wildman–Crippen LogP) is 2.53. The van der Waals surface area contributed by atoms with Gasteiger partial charge in [-0.15, -0.1) is 0 Å². The van der Waals surface area contributed by atoms with Crippen LogP contribution < -0.4 is 4.90 Å². The van der Waals surface area contributed by atoms with Crippen molar-refractivity contribution in [3.05, 3.63) is 46.0 Å². The zero-order valence-corrected chi connectivity index (χ0v) is 13.6. The number of thiazole rings is 1. The molecule has 0 aliphatic carbocycles. The molecule has 0 radical (unpaired) electrons. The van der Waals surface area contributed by atoms with Gasteiger partial charge in [-0.1, -0.05) is 23.5 Å². The van der Waals surface area contributed by atoms with Crippen molar-refractivity contribution in [3.8, 4) is 0 Å². The number of amides is 2. The van der Waals surface area contributed by atoms with Crippen molar-refractivity contribution in [3.63, 3.8) is 0 Å². The Bertz CT molecular complexity index is 792. The molecular formula is C16H14N2O4S. The first-order valence-corrected chi connectivity index (χ1v) is 7.80. The highest BCUT2D eigenvalue weighted by molar-refractivity contribution is 7.16. The molecule has 2 heterocycles. The Morgan fingerprint density at radius 1 is 1.22 bits per heavy atom. The van der Waals surface area contributed by atoms with Crippen LogP contribution in [0.15, 0.2) is 24.3 Å². The highest BCUT2D eigenvalue weighted by Gasteiger charge is 2.38. The fraction of sp³-hybridized carbons (Fsp3) is 0.250. The van der Waals surface area contributed by atoms with Crippen molar-refractivity contribution in [1.82, 2.24) is 4.98 Å². The summed E-state index contributed by atoms with van der Waals surface area (Å²) in [5, 5.41) is 0.277. The van der Waals surface area contributed by atoms with Crippen LogP contribution in [-0.4, -0.2) is 29.9 Å². The summed E-state index contributed by atoms with van der Waals surface area (Å²) in [7, 11) is 1.32. The molecule has 118 valence electrons. The van der Waals surface area contributed by atoms with Crippen molar-refractivity contribution in [2.45, 2.75) is 19.8 Å². The number of carbonyl (C=O) groups is 3. The number of methoxy groups -OCH3 is 1. The Kier molecular flexibility index (Phi) is 3.73. The third-order valence-electron chi connectivity index (χ3n) is 3.75. The number of nitrogens with zero attached hydrogens (tertiary/aromatic N) is 2. The van der Waals surface area contributed by atoms with Gasteiger partial charge in [0.25, 0.3) is 11.8 Å². The number of anilines is 1. The quantitative estimate of drug-likeness (QED) is 0.638. The molecule has 1 aliphatic heterocycles. The number of aromatic nitrogens is 1. The number of fused-ring (bicyclic) bond motifs is 1. The molecule has 0 spiro atoms. The first kappa shape index (κ1) is 15.4. The average Bonchev–Trinajstić information content (AvgIpc) is 3.05. The number of imide groups is 1. The summed E-state index contributed by atoms with van der Waals surface area (Å²) >= 11 is 1.16. The van der Waals surface area contributed by atoms with Crippen molar-refractivity contribution in [2.24, 2.45) is 0 Å². The summed E-state index contributed by atoms with van der Waals surface area (Å²) in [6, 6.07) is 6.67. The number of aryl methyl sites for hydroxylation is 1. The van der Waals surface area contributed by atoms with Gasteiger partial charge in [0.2, 0.25) is 0 Å². The van der Waals surface area contributed by atoms with Gasteiger partial charge < -0.3 is 4.74 Å². The van der Waals surface area contributed by atoms with E-state index in [1.165, 1.54) is 7.11 Å². The maximum absolute atomic E-state index is 12.5. The number of esters is 1. The van der Waals surface area contributed by atoms with Gasteiger partial charge in [0.05, 0.1) is 29.8 Å². The molecule has 7 heteroatoms. The largest absolute Gasteiger partial charge is 0.469 e. The maximum atomic E-state index is 12.5. The van der Waals surface area contributed by atoms with Crippen LogP contribution in [0, 0.1) is 6.92 Å². The van der Waals surface area contributed by atoms with E-state index in [-0.39, 0.29) is 11.1 Å². The lowest BCUT2D eigenvalue weighted by Gasteiger charge is -2.09. The number of hydrogen-bond donors (Lipinski definition) is 0. The topological polar surface area (TPSA) is 76.6 Å². The van der Waals surface area contributed by atoms with E-state index in [2.05, 4.69) is 4.98 Å². The molecule has 0 bridgehead atoms. The van der Waals surface area contributed by atoms with Crippen molar-refractivity contribution in [1.29, 1.82) is 0 Å². The van der Waals surface area contributed by atoms with Gasteiger partial charge in [-0.25, -0.2) is 9.88 Å². The number of ether oxygens (including phenoxy) is 1. The van der Waals surface area contributed by atoms with E-state index in [1.54, 1.807) is 38.1 Å². The lowest BCUT2D eigenvalue weighted by Crippen LogP contribution is -2.29. The summed E-state index contributed by atoms with van der Waals surface area (Å²) in [6.45, 7) is 3.45. The molecule has 2 aromatic rings. The molecular weight excluding hydrogens is 316 g/mol. The van der Waals surface area contributed by atoms with E-state index in [0.29, 0.717) is 21.7 Å². The van der Waals surface area contributed by atoms with Crippen LogP contribution >= 0.6 is 11.3 Å². The first-order valence-electron chi connectivity index (χ1n) is 6.98. The van der Waals surface area contributed by atoms with E-state index in [4.69, 9.17) is 4.74 Å². The fourth-order valence-corrected chi connectivity index (χ4v) is 3.64. The van der Waals surface area contributed by atoms with E-state index in [9.17, 15) is 14.4 Å². The van der Waals surface area contributed by atoms with Gasteiger partial charge in [0, 0.05) is 4.88 Å². The smallest absolute Gasteiger partial charge is 0.313 e. The van der Waals surface area contributed by atoms with Gasteiger partial charge in [0.15, 0.2) is 5.13 Å². The molecule has 0 fully saturated rings. The zero-order chi connectivity index (χ0) is 16.7. The Morgan fingerprint density at radius 2 is 1.78 bits per heavy atom.